The number of amides is 2. The molecular formula is C25H34ClN3O5S. The number of nitrogens with one attached hydrogen (secondary N) is 1. The van der Waals surface area contributed by atoms with Gasteiger partial charge in [-0.3, -0.25) is 13.9 Å². The minimum Gasteiger partial charge on any atom is -0.497 e. The van der Waals surface area contributed by atoms with E-state index in [1.54, 1.807) is 57.4 Å². The smallest absolute Gasteiger partial charge is 0.244 e. The second-order valence-corrected chi connectivity index (χ2v) is 11.2. The molecule has 10 heteroatoms. The standard InChI is InChI=1S/C25H34ClN3O5S/c1-17(2)14-27-25(31)19(4)28(15-20-8-11-22(34-5)12-9-20)24(30)16-29(35(6,32)33)21-10-7-18(3)23(26)13-21/h7-13,17,19H,14-16H2,1-6H3,(H,27,31)/t19-/m1/s1. The minimum absolute atomic E-state index is 0.116. The molecule has 2 aromatic rings. The lowest BCUT2D eigenvalue weighted by molar-refractivity contribution is -0.139. The average Bonchev–Trinajstić information content (AvgIpc) is 2.80. The summed E-state index contributed by atoms with van der Waals surface area (Å²) >= 11 is 6.21. The fourth-order valence-electron chi connectivity index (χ4n) is 3.31. The number of anilines is 1. The Kier molecular flexibility index (Phi) is 9.97. The summed E-state index contributed by atoms with van der Waals surface area (Å²) in [5, 5.41) is 3.24. The maximum Gasteiger partial charge on any atom is 0.244 e. The number of ether oxygens (including phenoxy) is 1. The summed E-state index contributed by atoms with van der Waals surface area (Å²) in [5.41, 5.74) is 1.83. The molecule has 0 spiro atoms. The van der Waals surface area contributed by atoms with E-state index in [0.29, 0.717) is 17.3 Å². The molecule has 0 bridgehead atoms. The molecule has 35 heavy (non-hydrogen) atoms. The lowest BCUT2D eigenvalue weighted by atomic mass is 10.1. The molecule has 0 aromatic heterocycles. The number of hydrogen-bond acceptors (Lipinski definition) is 5. The fourth-order valence-corrected chi connectivity index (χ4v) is 4.33. The fraction of sp³-hybridized carbons (Fsp3) is 0.440. The molecular weight excluding hydrogens is 490 g/mol. The van der Waals surface area contributed by atoms with Crippen molar-refractivity contribution in [1.82, 2.24) is 10.2 Å². The highest BCUT2D eigenvalue weighted by molar-refractivity contribution is 7.92. The van der Waals surface area contributed by atoms with Gasteiger partial charge in [0, 0.05) is 18.1 Å². The third-order valence-corrected chi connectivity index (χ3v) is 7.03. The molecule has 0 saturated carbocycles. The number of carbonyl (C=O) groups is 2. The van der Waals surface area contributed by atoms with Gasteiger partial charge in [0.05, 0.1) is 19.1 Å². The van der Waals surface area contributed by atoms with E-state index in [1.165, 1.54) is 11.0 Å². The van der Waals surface area contributed by atoms with Crippen molar-refractivity contribution < 1.29 is 22.7 Å². The molecule has 1 N–H and O–H groups in total. The van der Waals surface area contributed by atoms with Crippen LogP contribution in [-0.2, 0) is 26.2 Å². The first-order valence-corrected chi connectivity index (χ1v) is 13.5. The molecule has 0 unspecified atom stereocenters. The maximum absolute atomic E-state index is 13.5. The Hall–Kier alpha value is -2.78. The summed E-state index contributed by atoms with van der Waals surface area (Å²) in [7, 11) is -2.26. The van der Waals surface area contributed by atoms with Gasteiger partial charge in [-0.2, -0.15) is 0 Å². The quantitative estimate of drug-likeness (QED) is 0.485. The molecule has 0 heterocycles. The zero-order chi connectivity index (χ0) is 26.3. The summed E-state index contributed by atoms with van der Waals surface area (Å²) in [6, 6.07) is 11.1. The number of methoxy groups -OCH3 is 1. The highest BCUT2D eigenvalue weighted by Gasteiger charge is 2.30. The van der Waals surface area contributed by atoms with Crippen molar-refractivity contribution in [2.45, 2.75) is 40.3 Å². The van der Waals surface area contributed by atoms with Gasteiger partial charge in [-0.05, 0) is 55.2 Å². The number of carbonyl (C=O) groups excluding carboxylic acids is 2. The molecule has 0 radical (unpaired) electrons. The number of benzene rings is 2. The zero-order valence-electron chi connectivity index (χ0n) is 21.0. The van der Waals surface area contributed by atoms with E-state index < -0.39 is 28.5 Å². The molecule has 2 rings (SSSR count). The summed E-state index contributed by atoms with van der Waals surface area (Å²) in [6.45, 7) is 7.48. The summed E-state index contributed by atoms with van der Waals surface area (Å²) in [4.78, 5) is 27.7. The molecule has 8 nitrogen and oxygen atoms in total. The van der Waals surface area contributed by atoms with Gasteiger partial charge >= 0.3 is 0 Å². The van der Waals surface area contributed by atoms with Crippen molar-refractivity contribution in [2.24, 2.45) is 5.92 Å². The number of halogens is 1. The van der Waals surface area contributed by atoms with Crippen LogP contribution in [0.4, 0.5) is 5.69 Å². The van der Waals surface area contributed by atoms with Crippen LogP contribution in [0.1, 0.15) is 31.9 Å². The van der Waals surface area contributed by atoms with Crippen LogP contribution in [0.2, 0.25) is 5.02 Å². The Bertz CT molecular complexity index is 1140. The van der Waals surface area contributed by atoms with Crippen molar-refractivity contribution in [3.63, 3.8) is 0 Å². The van der Waals surface area contributed by atoms with Crippen LogP contribution in [0.25, 0.3) is 0 Å². The Morgan fingerprint density at radius 1 is 1.09 bits per heavy atom. The Morgan fingerprint density at radius 3 is 2.23 bits per heavy atom. The minimum atomic E-state index is -3.82. The Balaban J connectivity index is 2.38. The van der Waals surface area contributed by atoms with Crippen LogP contribution in [-0.4, -0.2) is 57.6 Å². The Morgan fingerprint density at radius 2 is 1.71 bits per heavy atom. The number of hydrogen-bond donors (Lipinski definition) is 1. The second kappa shape index (κ2) is 12.3. The lowest BCUT2D eigenvalue weighted by Gasteiger charge is -2.31. The second-order valence-electron chi connectivity index (χ2n) is 8.89. The van der Waals surface area contributed by atoms with Gasteiger partial charge in [-0.15, -0.1) is 0 Å². The van der Waals surface area contributed by atoms with Crippen LogP contribution in [0.5, 0.6) is 5.75 Å². The number of aryl methyl sites for hydroxylation is 1. The van der Waals surface area contributed by atoms with Gasteiger partial charge in [0.15, 0.2) is 0 Å². The molecule has 192 valence electrons. The number of sulfonamides is 1. The largest absolute Gasteiger partial charge is 0.497 e. The summed E-state index contributed by atoms with van der Waals surface area (Å²) in [6.07, 6.45) is 1.03. The highest BCUT2D eigenvalue weighted by Crippen LogP contribution is 2.25. The molecule has 0 saturated heterocycles. The van der Waals surface area contributed by atoms with Crippen LogP contribution in [0.15, 0.2) is 42.5 Å². The lowest BCUT2D eigenvalue weighted by Crippen LogP contribution is -2.51. The van der Waals surface area contributed by atoms with Gasteiger partial charge < -0.3 is 15.0 Å². The van der Waals surface area contributed by atoms with Crippen LogP contribution >= 0.6 is 11.6 Å². The maximum atomic E-state index is 13.5. The molecule has 2 amide bonds. The topological polar surface area (TPSA) is 96.0 Å². The first-order valence-electron chi connectivity index (χ1n) is 11.3. The van der Waals surface area contributed by atoms with E-state index in [1.807, 2.05) is 13.8 Å². The predicted octanol–water partition coefficient (Wildman–Crippen LogP) is 3.61. The highest BCUT2D eigenvalue weighted by atomic mass is 35.5. The number of nitrogens with zero attached hydrogens (tertiary/aromatic N) is 2. The first kappa shape index (κ1) is 28.5. The van der Waals surface area contributed by atoms with Crippen LogP contribution in [0, 0.1) is 12.8 Å². The predicted molar refractivity (Wildman–Crippen MR) is 139 cm³/mol. The van der Waals surface area contributed by atoms with E-state index in [9.17, 15) is 18.0 Å². The summed E-state index contributed by atoms with van der Waals surface area (Å²) < 4.78 is 31.4. The van der Waals surface area contributed by atoms with E-state index >= 15 is 0 Å². The van der Waals surface area contributed by atoms with E-state index in [4.69, 9.17) is 16.3 Å². The zero-order valence-corrected chi connectivity index (χ0v) is 22.6. The monoisotopic (exact) mass is 523 g/mol. The van der Waals surface area contributed by atoms with Crippen molar-refractivity contribution in [1.29, 1.82) is 0 Å². The third kappa shape index (κ3) is 8.14. The van der Waals surface area contributed by atoms with E-state index in [0.717, 1.165) is 21.7 Å². The van der Waals surface area contributed by atoms with Crippen LogP contribution in [0.3, 0.4) is 0 Å². The van der Waals surface area contributed by atoms with Gasteiger partial charge in [-0.25, -0.2) is 8.42 Å². The average molecular weight is 524 g/mol. The van der Waals surface area contributed by atoms with Gasteiger partial charge in [0.2, 0.25) is 21.8 Å². The SMILES string of the molecule is COc1ccc(CN(C(=O)CN(c2ccc(C)c(Cl)c2)S(C)(=O)=O)[C@H](C)C(=O)NCC(C)C)cc1. The molecule has 0 aliphatic heterocycles. The molecule has 0 fully saturated rings. The van der Waals surface area contributed by atoms with Gasteiger partial charge in [0.1, 0.15) is 18.3 Å². The summed E-state index contributed by atoms with van der Waals surface area (Å²) in [5.74, 6) is 0.0674. The number of rotatable bonds is 11. The molecule has 1 atom stereocenters. The van der Waals surface area contributed by atoms with Crippen molar-refractivity contribution in [3.05, 3.63) is 58.6 Å². The van der Waals surface area contributed by atoms with Crippen molar-refractivity contribution in [3.8, 4) is 5.75 Å². The van der Waals surface area contributed by atoms with Crippen LogP contribution < -0.4 is 14.4 Å². The molecule has 0 aliphatic rings. The van der Waals surface area contributed by atoms with Gasteiger partial charge in [-0.1, -0.05) is 43.6 Å². The molecule has 0 aliphatic carbocycles. The third-order valence-electron chi connectivity index (χ3n) is 5.49. The Labute approximate surface area is 213 Å². The van der Waals surface area contributed by atoms with Crippen molar-refractivity contribution >= 4 is 39.1 Å². The first-order chi connectivity index (χ1) is 16.3. The van der Waals surface area contributed by atoms with E-state index in [2.05, 4.69) is 5.32 Å². The normalized spacial score (nSPS) is 12.2. The van der Waals surface area contributed by atoms with Crippen molar-refractivity contribution in [2.75, 3.05) is 30.8 Å². The van der Waals surface area contributed by atoms with Gasteiger partial charge in [0.25, 0.3) is 0 Å². The molecule has 2 aromatic carbocycles. The van der Waals surface area contributed by atoms with E-state index in [-0.39, 0.29) is 24.1 Å².